The molecule has 0 aliphatic rings. The number of ether oxygens (including phenoxy) is 1. The minimum absolute atomic E-state index is 0.261. The van der Waals surface area contributed by atoms with Crippen molar-refractivity contribution in [1.29, 1.82) is 0 Å². The molecule has 0 saturated heterocycles. The van der Waals surface area contributed by atoms with Gasteiger partial charge in [0, 0.05) is 10.6 Å². The van der Waals surface area contributed by atoms with Gasteiger partial charge in [0.1, 0.15) is 16.9 Å². The van der Waals surface area contributed by atoms with Crippen LogP contribution in [0.4, 0.5) is 5.69 Å². The van der Waals surface area contributed by atoms with Gasteiger partial charge in [-0.15, -0.1) is 11.3 Å². The minimum Gasteiger partial charge on any atom is -0.459 e. The van der Waals surface area contributed by atoms with Crippen molar-refractivity contribution in [2.45, 2.75) is 13.8 Å². The van der Waals surface area contributed by atoms with Crippen molar-refractivity contribution in [2.75, 3.05) is 5.32 Å². The van der Waals surface area contributed by atoms with Crippen LogP contribution in [-0.2, 0) is 0 Å². The highest BCUT2D eigenvalue weighted by atomic mass is 32.1. The first-order chi connectivity index (χ1) is 12.6. The molecular formula is C19H15N3O3S. The number of benzene rings is 1. The van der Waals surface area contributed by atoms with Crippen LogP contribution in [-0.4, -0.2) is 15.9 Å². The van der Waals surface area contributed by atoms with Crippen molar-refractivity contribution in [3.63, 3.8) is 0 Å². The number of nitrogens with zero attached hydrogens (tertiary/aromatic N) is 2. The predicted molar refractivity (Wildman–Crippen MR) is 100 cm³/mol. The van der Waals surface area contributed by atoms with E-state index in [0.29, 0.717) is 17.3 Å². The molecule has 3 aromatic heterocycles. The molecule has 0 unspecified atom stereocenters. The van der Waals surface area contributed by atoms with Crippen LogP contribution in [0.15, 0.2) is 53.4 Å². The molecule has 7 heteroatoms. The predicted octanol–water partition coefficient (Wildman–Crippen LogP) is 4.95. The maximum Gasteiger partial charge on any atom is 0.291 e. The average molecular weight is 365 g/mol. The first kappa shape index (κ1) is 16.3. The van der Waals surface area contributed by atoms with Gasteiger partial charge in [-0.1, -0.05) is 0 Å². The summed E-state index contributed by atoms with van der Waals surface area (Å²) < 4.78 is 11.0. The Kier molecular flexibility index (Phi) is 4.14. The van der Waals surface area contributed by atoms with E-state index in [4.69, 9.17) is 9.15 Å². The number of hydrogen-bond acceptors (Lipinski definition) is 6. The van der Waals surface area contributed by atoms with Gasteiger partial charge in [0.05, 0.1) is 11.6 Å². The largest absolute Gasteiger partial charge is 0.459 e. The molecule has 1 aromatic carbocycles. The molecule has 0 radical (unpaired) electrons. The van der Waals surface area contributed by atoms with Gasteiger partial charge in [-0.05, 0) is 55.8 Å². The molecule has 0 aliphatic carbocycles. The van der Waals surface area contributed by atoms with E-state index in [1.165, 1.54) is 17.5 Å². The van der Waals surface area contributed by atoms with Crippen LogP contribution in [0.1, 0.15) is 21.0 Å². The van der Waals surface area contributed by atoms with Crippen LogP contribution < -0.4 is 10.1 Å². The molecule has 1 N–H and O–H groups in total. The Morgan fingerprint density at radius 1 is 1.15 bits per heavy atom. The van der Waals surface area contributed by atoms with Crippen molar-refractivity contribution in [3.05, 3.63) is 65.2 Å². The average Bonchev–Trinajstić information content (AvgIpc) is 3.26. The zero-order chi connectivity index (χ0) is 18.1. The minimum atomic E-state index is -0.300. The number of amides is 1. The lowest BCUT2D eigenvalue weighted by molar-refractivity contribution is 0.0996. The second-order valence-electron chi connectivity index (χ2n) is 5.70. The van der Waals surface area contributed by atoms with Gasteiger partial charge < -0.3 is 14.5 Å². The summed E-state index contributed by atoms with van der Waals surface area (Å²) in [6.07, 6.45) is 2.97. The third kappa shape index (κ3) is 3.04. The number of anilines is 1. The highest BCUT2D eigenvalue weighted by molar-refractivity contribution is 7.18. The first-order valence-electron chi connectivity index (χ1n) is 7.95. The Hall–Kier alpha value is -3.19. The number of fused-ring (bicyclic) bond motifs is 1. The molecular weight excluding hydrogens is 350 g/mol. The number of furan rings is 1. The SMILES string of the molecule is Cc1sc2ncnc(Oc3ccc(NC(=O)c4ccco4)cc3)c2c1C. The summed E-state index contributed by atoms with van der Waals surface area (Å²) in [5.74, 6) is 1.12. The van der Waals surface area contributed by atoms with Crippen molar-refractivity contribution >= 4 is 33.1 Å². The fourth-order valence-electron chi connectivity index (χ4n) is 2.55. The summed E-state index contributed by atoms with van der Waals surface area (Å²) in [5, 5.41) is 3.70. The highest BCUT2D eigenvalue weighted by Crippen LogP contribution is 2.35. The molecule has 0 bridgehead atoms. The topological polar surface area (TPSA) is 77.3 Å². The quantitative estimate of drug-likeness (QED) is 0.554. The molecule has 26 heavy (non-hydrogen) atoms. The molecule has 4 rings (SSSR count). The smallest absolute Gasteiger partial charge is 0.291 e. The van der Waals surface area contributed by atoms with Gasteiger partial charge in [-0.3, -0.25) is 4.79 Å². The van der Waals surface area contributed by atoms with Crippen LogP contribution in [0.5, 0.6) is 11.6 Å². The molecule has 0 saturated carbocycles. The molecule has 6 nitrogen and oxygen atoms in total. The Labute approximate surface area is 153 Å². The van der Waals surface area contributed by atoms with E-state index in [9.17, 15) is 4.79 Å². The Morgan fingerprint density at radius 3 is 2.69 bits per heavy atom. The number of hydrogen-bond donors (Lipinski definition) is 1. The maximum absolute atomic E-state index is 12.0. The van der Waals surface area contributed by atoms with Gasteiger partial charge in [0.15, 0.2) is 5.76 Å². The number of thiophene rings is 1. The van der Waals surface area contributed by atoms with Crippen molar-refractivity contribution in [1.82, 2.24) is 9.97 Å². The molecule has 3 heterocycles. The third-order valence-electron chi connectivity index (χ3n) is 4.00. The van der Waals surface area contributed by atoms with E-state index in [-0.39, 0.29) is 11.7 Å². The second-order valence-corrected chi connectivity index (χ2v) is 6.90. The summed E-state index contributed by atoms with van der Waals surface area (Å²) in [6, 6.07) is 10.4. The lowest BCUT2D eigenvalue weighted by Crippen LogP contribution is -2.10. The standard InChI is InChI=1S/C19H15N3O3S/c1-11-12(2)26-19-16(11)18(20-10-21-19)25-14-7-5-13(6-8-14)22-17(23)15-4-3-9-24-15/h3-10H,1-2H3,(H,22,23). The monoisotopic (exact) mass is 365 g/mol. The summed E-state index contributed by atoms with van der Waals surface area (Å²) in [5.41, 5.74) is 1.78. The fraction of sp³-hybridized carbons (Fsp3) is 0.105. The summed E-state index contributed by atoms with van der Waals surface area (Å²) >= 11 is 1.62. The fourth-order valence-corrected chi connectivity index (χ4v) is 3.53. The molecule has 0 atom stereocenters. The Morgan fingerprint density at radius 2 is 1.96 bits per heavy atom. The van der Waals surface area contributed by atoms with Crippen LogP contribution in [0, 0.1) is 13.8 Å². The van der Waals surface area contributed by atoms with E-state index in [0.717, 1.165) is 15.8 Å². The van der Waals surface area contributed by atoms with Gasteiger partial charge in [0.2, 0.25) is 5.88 Å². The van der Waals surface area contributed by atoms with E-state index >= 15 is 0 Å². The summed E-state index contributed by atoms with van der Waals surface area (Å²) in [4.78, 5) is 22.7. The van der Waals surface area contributed by atoms with Crippen LogP contribution in [0.2, 0.25) is 0 Å². The van der Waals surface area contributed by atoms with E-state index in [2.05, 4.69) is 22.2 Å². The summed E-state index contributed by atoms with van der Waals surface area (Å²) in [7, 11) is 0. The molecule has 0 fully saturated rings. The molecule has 4 aromatic rings. The van der Waals surface area contributed by atoms with Gasteiger partial charge in [0.25, 0.3) is 5.91 Å². The molecule has 1 amide bonds. The number of carbonyl (C=O) groups excluding carboxylic acids is 1. The zero-order valence-electron chi connectivity index (χ0n) is 14.1. The van der Waals surface area contributed by atoms with Gasteiger partial charge >= 0.3 is 0 Å². The van der Waals surface area contributed by atoms with Crippen LogP contribution >= 0.6 is 11.3 Å². The highest BCUT2D eigenvalue weighted by Gasteiger charge is 2.14. The van der Waals surface area contributed by atoms with Crippen molar-refractivity contribution < 1.29 is 13.9 Å². The third-order valence-corrected chi connectivity index (χ3v) is 5.12. The first-order valence-corrected chi connectivity index (χ1v) is 8.77. The van der Waals surface area contributed by atoms with E-state index in [1.54, 1.807) is 47.7 Å². The van der Waals surface area contributed by atoms with E-state index in [1.807, 2.05) is 6.92 Å². The maximum atomic E-state index is 12.0. The number of aryl methyl sites for hydroxylation is 2. The zero-order valence-corrected chi connectivity index (χ0v) is 15.0. The molecule has 0 aliphatic heterocycles. The number of aromatic nitrogens is 2. The Balaban J connectivity index is 1.54. The Bertz CT molecular complexity index is 1070. The van der Waals surface area contributed by atoms with Gasteiger partial charge in [-0.25, -0.2) is 9.97 Å². The second kappa shape index (κ2) is 6.61. The van der Waals surface area contributed by atoms with E-state index < -0.39 is 0 Å². The number of rotatable bonds is 4. The van der Waals surface area contributed by atoms with Crippen molar-refractivity contribution in [2.24, 2.45) is 0 Å². The number of carbonyl (C=O) groups is 1. The summed E-state index contributed by atoms with van der Waals surface area (Å²) in [6.45, 7) is 4.10. The van der Waals surface area contributed by atoms with Crippen LogP contribution in [0.25, 0.3) is 10.2 Å². The lowest BCUT2D eigenvalue weighted by Gasteiger charge is -2.08. The molecule has 0 spiro atoms. The molecule has 130 valence electrons. The van der Waals surface area contributed by atoms with Gasteiger partial charge in [-0.2, -0.15) is 0 Å². The lowest BCUT2D eigenvalue weighted by atomic mass is 10.2. The van der Waals surface area contributed by atoms with Crippen molar-refractivity contribution in [3.8, 4) is 11.6 Å². The normalized spacial score (nSPS) is 10.8. The van der Waals surface area contributed by atoms with Crippen LogP contribution in [0.3, 0.4) is 0 Å². The number of nitrogens with one attached hydrogen (secondary N) is 1.